The van der Waals surface area contributed by atoms with E-state index in [0.29, 0.717) is 17.5 Å². The van der Waals surface area contributed by atoms with Gasteiger partial charge in [0.15, 0.2) is 5.75 Å². The maximum absolute atomic E-state index is 12.5. The van der Waals surface area contributed by atoms with Gasteiger partial charge in [-0.2, -0.15) is 16.8 Å². The Hall–Kier alpha value is -3.38. The number of benzene rings is 3. The Morgan fingerprint density at radius 3 is 2.41 bits per heavy atom. The third-order valence-corrected chi connectivity index (χ3v) is 7.41. The summed E-state index contributed by atoms with van der Waals surface area (Å²) in [6, 6.07) is 19.3. The SMILES string of the molecule is C[C@H](Cc1c[nH]c2c(OS(C)(=O)=O)cccc12)NC[C@H](O)c1cccc(OS(=O)(=O)c2ccccc2)c1. The maximum Gasteiger partial charge on any atom is 0.339 e. The first-order valence-electron chi connectivity index (χ1n) is 11.5. The molecule has 0 radical (unpaired) electrons. The maximum atomic E-state index is 12.5. The number of nitrogens with one attached hydrogen (secondary N) is 2. The Morgan fingerprint density at radius 1 is 0.946 bits per heavy atom. The van der Waals surface area contributed by atoms with Crippen LogP contribution >= 0.6 is 0 Å². The number of fused-ring (bicyclic) bond motifs is 1. The van der Waals surface area contributed by atoms with Crippen LogP contribution in [0.5, 0.6) is 11.5 Å². The van der Waals surface area contributed by atoms with Gasteiger partial charge in [0, 0.05) is 24.2 Å². The molecule has 37 heavy (non-hydrogen) atoms. The number of hydrogen-bond acceptors (Lipinski definition) is 8. The normalized spacial score (nSPS) is 13.8. The summed E-state index contributed by atoms with van der Waals surface area (Å²) >= 11 is 0. The molecule has 0 aliphatic heterocycles. The molecule has 0 fully saturated rings. The van der Waals surface area contributed by atoms with Gasteiger partial charge in [0.25, 0.3) is 0 Å². The summed E-state index contributed by atoms with van der Waals surface area (Å²) in [4.78, 5) is 3.13. The average molecular weight is 545 g/mol. The third-order valence-electron chi connectivity index (χ3n) is 5.67. The van der Waals surface area contributed by atoms with Crippen molar-refractivity contribution in [3.8, 4) is 11.5 Å². The Morgan fingerprint density at radius 2 is 1.68 bits per heavy atom. The predicted molar refractivity (Wildman–Crippen MR) is 141 cm³/mol. The van der Waals surface area contributed by atoms with Crippen LogP contribution in [0.2, 0.25) is 0 Å². The van der Waals surface area contributed by atoms with E-state index in [1.807, 2.05) is 19.2 Å². The van der Waals surface area contributed by atoms with Crippen LogP contribution in [-0.2, 0) is 26.7 Å². The minimum Gasteiger partial charge on any atom is -0.387 e. The molecular formula is C26H28N2O7S2. The molecule has 4 rings (SSSR count). The highest BCUT2D eigenvalue weighted by molar-refractivity contribution is 7.87. The predicted octanol–water partition coefficient (Wildman–Crippen LogP) is 3.53. The summed E-state index contributed by atoms with van der Waals surface area (Å²) in [5, 5.41) is 14.8. The van der Waals surface area contributed by atoms with E-state index in [1.54, 1.807) is 42.5 Å². The van der Waals surface area contributed by atoms with Crippen molar-refractivity contribution < 1.29 is 30.3 Å². The number of rotatable bonds is 11. The van der Waals surface area contributed by atoms with Crippen molar-refractivity contribution in [3.63, 3.8) is 0 Å². The number of aliphatic hydroxyl groups is 1. The van der Waals surface area contributed by atoms with Gasteiger partial charge >= 0.3 is 20.2 Å². The molecule has 9 nitrogen and oxygen atoms in total. The van der Waals surface area contributed by atoms with Gasteiger partial charge in [-0.1, -0.05) is 42.5 Å². The van der Waals surface area contributed by atoms with Gasteiger partial charge in [0.2, 0.25) is 0 Å². The summed E-state index contributed by atoms with van der Waals surface area (Å²) in [6.45, 7) is 2.19. The van der Waals surface area contributed by atoms with Crippen LogP contribution in [-0.4, -0.2) is 45.8 Å². The summed E-state index contributed by atoms with van der Waals surface area (Å²) < 4.78 is 58.4. The van der Waals surface area contributed by atoms with Crippen molar-refractivity contribution in [1.29, 1.82) is 0 Å². The number of aromatic nitrogens is 1. The second-order valence-electron chi connectivity index (χ2n) is 8.73. The first-order valence-corrected chi connectivity index (χ1v) is 14.7. The number of aromatic amines is 1. The fourth-order valence-corrected chi connectivity index (χ4v) is 5.36. The van der Waals surface area contributed by atoms with Gasteiger partial charge in [-0.3, -0.25) is 0 Å². The van der Waals surface area contributed by atoms with E-state index in [1.165, 1.54) is 24.3 Å². The van der Waals surface area contributed by atoms with Crippen molar-refractivity contribution in [2.75, 3.05) is 12.8 Å². The molecule has 2 atom stereocenters. The summed E-state index contributed by atoms with van der Waals surface area (Å²) in [5.41, 5.74) is 2.07. The Kier molecular flexibility index (Phi) is 7.88. The smallest absolute Gasteiger partial charge is 0.339 e. The first-order chi connectivity index (χ1) is 17.5. The number of H-pyrrole nitrogens is 1. The second-order valence-corrected chi connectivity index (χ2v) is 11.9. The lowest BCUT2D eigenvalue weighted by Gasteiger charge is -2.18. The van der Waals surface area contributed by atoms with Gasteiger partial charge in [0.1, 0.15) is 10.6 Å². The van der Waals surface area contributed by atoms with Crippen LogP contribution in [0.4, 0.5) is 0 Å². The van der Waals surface area contributed by atoms with Crippen LogP contribution < -0.4 is 13.7 Å². The molecular weight excluding hydrogens is 516 g/mol. The number of aliphatic hydroxyl groups excluding tert-OH is 1. The number of para-hydroxylation sites is 1. The van der Waals surface area contributed by atoms with Crippen LogP contribution in [0.25, 0.3) is 10.9 Å². The topological polar surface area (TPSA) is 135 Å². The molecule has 11 heteroatoms. The van der Waals surface area contributed by atoms with Gasteiger partial charge < -0.3 is 23.8 Å². The first kappa shape index (κ1) is 26.7. The summed E-state index contributed by atoms with van der Waals surface area (Å²) in [7, 11) is -7.64. The van der Waals surface area contributed by atoms with E-state index >= 15 is 0 Å². The van der Waals surface area contributed by atoms with Crippen LogP contribution in [0.1, 0.15) is 24.2 Å². The van der Waals surface area contributed by atoms with E-state index < -0.39 is 26.3 Å². The molecule has 0 saturated carbocycles. The lowest BCUT2D eigenvalue weighted by Crippen LogP contribution is -2.32. The quantitative estimate of drug-likeness (QED) is 0.244. The minimum atomic E-state index is -3.98. The third kappa shape index (κ3) is 6.89. The zero-order valence-electron chi connectivity index (χ0n) is 20.3. The molecule has 0 aliphatic rings. The van der Waals surface area contributed by atoms with E-state index in [0.717, 1.165) is 17.2 Å². The van der Waals surface area contributed by atoms with E-state index in [-0.39, 0.29) is 29.0 Å². The van der Waals surface area contributed by atoms with Gasteiger partial charge in [-0.15, -0.1) is 0 Å². The van der Waals surface area contributed by atoms with Crippen molar-refractivity contribution in [2.24, 2.45) is 0 Å². The molecule has 0 saturated heterocycles. The summed E-state index contributed by atoms with van der Waals surface area (Å²) in [5.74, 6) is 0.345. The zero-order chi connectivity index (χ0) is 26.6. The minimum absolute atomic E-state index is 0.0361. The molecule has 0 amide bonds. The molecule has 3 aromatic carbocycles. The van der Waals surface area contributed by atoms with Gasteiger partial charge in [-0.25, -0.2) is 0 Å². The van der Waals surface area contributed by atoms with Crippen LogP contribution in [0.3, 0.4) is 0 Å². The van der Waals surface area contributed by atoms with Gasteiger partial charge in [0.05, 0.1) is 17.9 Å². The van der Waals surface area contributed by atoms with Crippen molar-refractivity contribution in [2.45, 2.75) is 30.4 Å². The molecule has 0 aliphatic carbocycles. The largest absolute Gasteiger partial charge is 0.387 e. The average Bonchev–Trinajstić information content (AvgIpc) is 3.26. The fraction of sp³-hybridized carbons (Fsp3) is 0.231. The zero-order valence-corrected chi connectivity index (χ0v) is 21.9. The van der Waals surface area contributed by atoms with Gasteiger partial charge in [-0.05, 0) is 54.8 Å². The molecule has 1 heterocycles. The van der Waals surface area contributed by atoms with Crippen molar-refractivity contribution in [1.82, 2.24) is 10.3 Å². The van der Waals surface area contributed by atoms with E-state index in [9.17, 15) is 21.9 Å². The monoisotopic (exact) mass is 544 g/mol. The standard InChI is InChI=1S/C26H28N2O7S2/c1-18(14-20-16-28-26-23(20)12-7-13-25(26)35-36(2,30)31)27-17-24(29)19-8-6-9-21(15-19)34-37(32,33)22-10-4-3-5-11-22/h3-13,15-16,18,24,27-29H,14,17H2,1-2H3/t18-,24+/m1/s1. The lowest BCUT2D eigenvalue weighted by molar-refractivity contribution is 0.170. The van der Waals surface area contributed by atoms with E-state index in [4.69, 9.17) is 8.37 Å². The van der Waals surface area contributed by atoms with Crippen molar-refractivity contribution in [3.05, 3.63) is 90.1 Å². The highest BCUT2D eigenvalue weighted by atomic mass is 32.2. The molecule has 1 aromatic heterocycles. The molecule has 0 bridgehead atoms. The molecule has 4 aromatic rings. The Bertz CT molecular complexity index is 1580. The van der Waals surface area contributed by atoms with Crippen LogP contribution in [0, 0.1) is 0 Å². The fourth-order valence-electron chi connectivity index (χ4n) is 3.95. The second kappa shape index (κ2) is 10.9. The molecule has 3 N–H and O–H groups in total. The number of hydrogen-bond donors (Lipinski definition) is 3. The lowest BCUT2D eigenvalue weighted by atomic mass is 10.0. The van der Waals surface area contributed by atoms with E-state index in [2.05, 4.69) is 10.3 Å². The van der Waals surface area contributed by atoms with Crippen molar-refractivity contribution >= 4 is 31.1 Å². The molecule has 0 spiro atoms. The highest BCUT2D eigenvalue weighted by Gasteiger charge is 2.18. The highest BCUT2D eigenvalue weighted by Crippen LogP contribution is 2.29. The molecule has 0 unspecified atom stereocenters. The Balaban J connectivity index is 1.38. The van der Waals surface area contributed by atoms with Crippen LogP contribution in [0.15, 0.2) is 83.9 Å². The summed E-state index contributed by atoms with van der Waals surface area (Å²) in [6.07, 6.45) is 2.51. The Labute approximate surface area is 216 Å². The molecule has 196 valence electrons.